The van der Waals surface area contributed by atoms with Crippen LogP contribution in [0.5, 0.6) is 11.6 Å². The third kappa shape index (κ3) is 3.93. The van der Waals surface area contributed by atoms with Gasteiger partial charge in [0, 0.05) is 30.7 Å². The predicted molar refractivity (Wildman–Crippen MR) is 132 cm³/mol. The second-order valence-corrected chi connectivity index (χ2v) is 8.39. The zero-order valence-electron chi connectivity index (χ0n) is 18.7. The van der Waals surface area contributed by atoms with E-state index in [2.05, 4.69) is 43.7 Å². The summed E-state index contributed by atoms with van der Waals surface area (Å²) in [6.45, 7) is 4.00. The van der Waals surface area contributed by atoms with E-state index in [1.807, 2.05) is 31.7 Å². The summed E-state index contributed by atoms with van der Waals surface area (Å²) >= 11 is 6.47. The number of fused-ring (bicyclic) bond motifs is 1. The number of benzene rings is 2. The number of rotatable bonds is 5. The second kappa shape index (κ2) is 8.54. The number of nitrogens with one attached hydrogen (secondary N) is 2. The number of anilines is 2. The molecule has 5 rings (SSSR count). The van der Waals surface area contributed by atoms with Crippen LogP contribution >= 0.6 is 11.6 Å². The van der Waals surface area contributed by atoms with Gasteiger partial charge in [0.15, 0.2) is 0 Å². The van der Waals surface area contributed by atoms with E-state index in [1.165, 1.54) is 0 Å². The van der Waals surface area contributed by atoms with Gasteiger partial charge in [-0.15, -0.1) is 0 Å². The molecule has 2 N–H and O–H groups in total. The molecule has 0 saturated heterocycles. The summed E-state index contributed by atoms with van der Waals surface area (Å²) in [6, 6.07) is 13.3. The summed E-state index contributed by atoms with van der Waals surface area (Å²) in [5.41, 5.74) is 6.56. The number of halogens is 1. The molecule has 34 heavy (non-hydrogen) atoms. The van der Waals surface area contributed by atoms with Gasteiger partial charge in [0.25, 0.3) is 0 Å². The molecule has 0 aliphatic heterocycles. The first-order valence-electron chi connectivity index (χ1n) is 10.5. The van der Waals surface area contributed by atoms with Gasteiger partial charge in [-0.3, -0.25) is 5.10 Å². The van der Waals surface area contributed by atoms with Crippen molar-refractivity contribution in [3.8, 4) is 28.8 Å². The molecule has 0 aliphatic rings. The number of nitrogens with zero attached hydrogens (tertiary/aromatic N) is 5. The molecule has 168 valence electrons. The number of hydrogen-bond donors (Lipinski definition) is 2. The summed E-state index contributed by atoms with van der Waals surface area (Å²) in [5, 5.41) is 19.6. The Kier molecular flexibility index (Phi) is 5.40. The molecule has 0 spiro atoms. The van der Waals surface area contributed by atoms with Gasteiger partial charge in [0.1, 0.15) is 16.8 Å². The Labute approximate surface area is 200 Å². The van der Waals surface area contributed by atoms with Gasteiger partial charge in [0.05, 0.1) is 22.9 Å². The molecule has 3 aromatic heterocycles. The standard InChI is InChI=1S/C25H20ClN7O/c1-14-8-17(18-11-28-29-12-18)9-15(2)23(14)34-24-22-21(20(26)13-33(22)3)31-25(32-24)30-19-6-4-16(10-27)5-7-19/h4-9,11-13H,1-3H3,(H,28,29)(H,30,31,32). The van der Waals surface area contributed by atoms with Crippen LogP contribution < -0.4 is 10.1 Å². The number of aromatic nitrogens is 5. The maximum absolute atomic E-state index is 9.03. The zero-order valence-corrected chi connectivity index (χ0v) is 19.5. The smallest absolute Gasteiger partial charge is 0.249 e. The Morgan fingerprint density at radius 3 is 2.47 bits per heavy atom. The van der Waals surface area contributed by atoms with Crippen molar-refractivity contribution in [3.63, 3.8) is 0 Å². The fourth-order valence-electron chi connectivity index (χ4n) is 3.88. The number of H-pyrrole nitrogens is 1. The third-order valence-corrected chi connectivity index (χ3v) is 5.78. The van der Waals surface area contributed by atoms with Gasteiger partial charge in [-0.1, -0.05) is 11.6 Å². The molecule has 0 saturated carbocycles. The van der Waals surface area contributed by atoms with Crippen molar-refractivity contribution in [3.05, 3.63) is 76.7 Å². The quantitative estimate of drug-likeness (QED) is 0.325. The highest BCUT2D eigenvalue weighted by atomic mass is 35.5. The minimum Gasteiger partial charge on any atom is -0.436 e. The van der Waals surface area contributed by atoms with Crippen molar-refractivity contribution < 1.29 is 4.74 Å². The van der Waals surface area contributed by atoms with Gasteiger partial charge < -0.3 is 14.6 Å². The Hall–Kier alpha value is -4.35. The molecular formula is C25H20ClN7O. The van der Waals surface area contributed by atoms with E-state index in [1.54, 1.807) is 36.7 Å². The average Bonchev–Trinajstić information content (AvgIpc) is 3.45. The Morgan fingerprint density at radius 2 is 1.82 bits per heavy atom. The maximum atomic E-state index is 9.03. The minimum atomic E-state index is 0.339. The van der Waals surface area contributed by atoms with Gasteiger partial charge in [0.2, 0.25) is 11.8 Å². The molecule has 0 bridgehead atoms. The molecular weight excluding hydrogens is 450 g/mol. The van der Waals surface area contributed by atoms with Crippen LogP contribution in [0.25, 0.3) is 22.2 Å². The zero-order chi connectivity index (χ0) is 23.8. The monoisotopic (exact) mass is 469 g/mol. The highest BCUT2D eigenvalue weighted by molar-refractivity contribution is 6.35. The fraction of sp³-hybridized carbons (Fsp3) is 0.120. The lowest BCUT2D eigenvalue weighted by Gasteiger charge is -2.15. The number of aryl methyl sites for hydroxylation is 3. The van der Waals surface area contributed by atoms with Crippen LogP contribution in [0, 0.1) is 25.2 Å². The molecule has 5 aromatic rings. The largest absolute Gasteiger partial charge is 0.436 e. The lowest BCUT2D eigenvalue weighted by atomic mass is 10.0. The van der Waals surface area contributed by atoms with Gasteiger partial charge in [-0.05, 0) is 66.9 Å². The highest BCUT2D eigenvalue weighted by Gasteiger charge is 2.19. The molecule has 0 amide bonds. The molecule has 3 heterocycles. The van der Waals surface area contributed by atoms with Crippen molar-refractivity contribution in [2.45, 2.75) is 13.8 Å². The van der Waals surface area contributed by atoms with Crippen molar-refractivity contribution in [2.75, 3.05) is 5.32 Å². The van der Waals surface area contributed by atoms with E-state index in [0.717, 1.165) is 27.9 Å². The summed E-state index contributed by atoms with van der Waals surface area (Å²) in [6.07, 6.45) is 5.42. The van der Waals surface area contributed by atoms with Crippen molar-refractivity contribution in [1.29, 1.82) is 5.26 Å². The topological polar surface area (TPSA) is 104 Å². The van der Waals surface area contributed by atoms with Gasteiger partial charge in [-0.2, -0.15) is 15.3 Å². The van der Waals surface area contributed by atoms with E-state index >= 15 is 0 Å². The lowest BCUT2D eigenvalue weighted by molar-refractivity contribution is 0.459. The Balaban J connectivity index is 1.57. The molecule has 0 radical (unpaired) electrons. The van der Waals surface area contributed by atoms with E-state index in [0.29, 0.717) is 39.2 Å². The molecule has 0 atom stereocenters. The first-order valence-corrected chi connectivity index (χ1v) is 10.9. The molecule has 0 unspecified atom stereocenters. The van der Waals surface area contributed by atoms with E-state index < -0.39 is 0 Å². The molecule has 2 aromatic carbocycles. The maximum Gasteiger partial charge on any atom is 0.249 e. The van der Waals surface area contributed by atoms with Crippen LogP contribution in [-0.2, 0) is 7.05 Å². The summed E-state index contributed by atoms with van der Waals surface area (Å²) in [5.74, 6) is 1.44. The summed E-state index contributed by atoms with van der Waals surface area (Å²) in [4.78, 5) is 9.26. The lowest BCUT2D eigenvalue weighted by Crippen LogP contribution is -2.02. The number of aromatic amines is 1. The number of ether oxygens (including phenoxy) is 1. The van der Waals surface area contributed by atoms with Gasteiger partial charge >= 0.3 is 0 Å². The SMILES string of the molecule is Cc1cc(-c2cn[nH]c2)cc(C)c1Oc1nc(Nc2ccc(C#N)cc2)nc2c(Cl)cn(C)c12. The number of hydrogen-bond acceptors (Lipinski definition) is 6. The third-order valence-electron chi connectivity index (χ3n) is 5.50. The minimum absolute atomic E-state index is 0.339. The average molecular weight is 470 g/mol. The predicted octanol–water partition coefficient (Wildman–Crippen LogP) is 6.04. The van der Waals surface area contributed by atoms with Crippen LogP contribution in [0.2, 0.25) is 5.02 Å². The first kappa shape index (κ1) is 21.5. The van der Waals surface area contributed by atoms with E-state index in [-0.39, 0.29) is 0 Å². The number of nitriles is 1. The molecule has 0 aliphatic carbocycles. The second-order valence-electron chi connectivity index (χ2n) is 7.98. The van der Waals surface area contributed by atoms with Crippen LogP contribution in [0.4, 0.5) is 11.6 Å². The van der Waals surface area contributed by atoms with Crippen molar-refractivity contribution in [1.82, 2.24) is 24.7 Å². The first-order chi connectivity index (χ1) is 16.4. The van der Waals surface area contributed by atoms with Crippen LogP contribution in [0.3, 0.4) is 0 Å². The van der Waals surface area contributed by atoms with Gasteiger partial charge in [-0.25, -0.2) is 4.98 Å². The molecule has 8 nitrogen and oxygen atoms in total. The molecule has 9 heteroatoms. The van der Waals surface area contributed by atoms with Crippen LogP contribution in [0.1, 0.15) is 16.7 Å². The van der Waals surface area contributed by atoms with Crippen molar-refractivity contribution >= 4 is 34.3 Å². The highest BCUT2D eigenvalue weighted by Crippen LogP contribution is 2.37. The fourth-order valence-corrected chi connectivity index (χ4v) is 4.16. The van der Waals surface area contributed by atoms with Crippen LogP contribution in [0.15, 0.2) is 55.0 Å². The van der Waals surface area contributed by atoms with E-state index in [4.69, 9.17) is 21.6 Å². The Morgan fingerprint density at radius 1 is 1.09 bits per heavy atom. The Bertz CT molecular complexity index is 1520. The summed E-state index contributed by atoms with van der Waals surface area (Å²) in [7, 11) is 1.87. The van der Waals surface area contributed by atoms with Crippen molar-refractivity contribution in [2.24, 2.45) is 7.05 Å². The van der Waals surface area contributed by atoms with Crippen LogP contribution in [-0.4, -0.2) is 24.7 Å². The summed E-state index contributed by atoms with van der Waals surface area (Å²) < 4.78 is 8.25. The molecule has 0 fully saturated rings. The van der Waals surface area contributed by atoms with E-state index in [9.17, 15) is 0 Å². The normalized spacial score (nSPS) is 10.9.